The highest BCUT2D eigenvalue weighted by molar-refractivity contribution is 6.13. The fourth-order valence-electron chi connectivity index (χ4n) is 1.32. The Labute approximate surface area is 91.9 Å². The number of nitrogens with zero attached hydrogens (tertiary/aromatic N) is 1. The van der Waals surface area contributed by atoms with E-state index in [1.807, 2.05) is 27.9 Å². The monoisotopic (exact) mass is 224 g/mol. The molecule has 0 amide bonds. The van der Waals surface area contributed by atoms with Crippen LogP contribution in [0.1, 0.15) is 33.1 Å². The molecule has 2 nitrogen and oxygen atoms in total. The molecule has 0 saturated heterocycles. The van der Waals surface area contributed by atoms with E-state index in [0.717, 1.165) is 13.0 Å². The summed E-state index contributed by atoms with van der Waals surface area (Å²) in [6, 6.07) is 0. The number of hydrogen-bond acceptors (Lipinski definition) is 2. The average Bonchev–Trinajstić information content (AvgIpc) is 2.02. The Kier molecular flexibility index (Phi) is 6.66. The highest BCUT2D eigenvalue weighted by Gasteiger charge is 2.21. The number of hydrogen-bond donors (Lipinski definition) is 1. The minimum atomic E-state index is -0.767. The van der Waals surface area contributed by atoms with E-state index in [2.05, 4.69) is 9.74 Å². The van der Waals surface area contributed by atoms with Crippen LogP contribution in [0.15, 0.2) is 0 Å². The second-order valence-corrected chi connectivity index (χ2v) is 4.91. The molecule has 0 spiro atoms. The van der Waals surface area contributed by atoms with E-state index in [-0.39, 0.29) is 5.54 Å². The lowest BCUT2D eigenvalue weighted by molar-refractivity contribution is 0.228. The summed E-state index contributed by atoms with van der Waals surface area (Å²) in [7, 11) is 4.00. The molecule has 14 heavy (non-hydrogen) atoms. The lowest BCUT2D eigenvalue weighted by Crippen LogP contribution is -2.35. The number of nitrogens with one attached hydrogen (secondary N) is 1. The molecule has 0 rings (SSSR count). The Bertz CT molecular complexity index is 151. The van der Waals surface area contributed by atoms with Crippen LogP contribution in [0, 0.1) is 0 Å². The van der Waals surface area contributed by atoms with Gasteiger partial charge in [-0.3, -0.25) is 0 Å². The number of alkyl halides is 1. The summed E-state index contributed by atoms with van der Waals surface area (Å²) < 4.78 is 13.4. The highest BCUT2D eigenvalue weighted by atomic mass is 35.5. The van der Waals surface area contributed by atoms with Gasteiger partial charge in [-0.1, -0.05) is 0 Å². The molecule has 86 valence electrons. The van der Waals surface area contributed by atoms with Gasteiger partial charge in [0.05, 0.1) is 0 Å². The third-order valence-corrected chi connectivity index (χ3v) is 2.62. The van der Waals surface area contributed by atoms with Gasteiger partial charge in [0.25, 0.3) is 0 Å². The van der Waals surface area contributed by atoms with Crippen LogP contribution in [0.5, 0.6) is 0 Å². The molecule has 0 aliphatic heterocycles. The fourth-order valence-corrected chi connectivity index (χ4v) is 1.40. The van der Waals surface area contributed by atoms with Gasteiger partial charge >= 0.3 is 0 Å². The molecular weight excluding hydrogens is 203 g/mol. The van der Waals surface area contributed by atoms with Crippen molar-refractivity contribution < 1.29 is 4.39 Å². The maximum Gasteiger partial charge on any atom is 0.102 e. The van der Waals surface area contributed by atoms with E-state index in [1.54, 1.807) is 0 Å². The number of halogens is 2. The topological polar surface area (TPSA) is 15.3 Å². The van der Waals surface area contributed by atoms with Gasteiger partial charge in [0.15, 0.2) is 0 Å². The standard InChI is InChI=1S/C10H22ClFN2/c1-10(2,13-11)8-9(12)6-5-7-14(3)4/h9,13H,5-8H2,1-4H3. The molecule has 0 aliphatic carbocycles. The van der Waals surface area contributed by atoms with Gasteiger partial charge in [-0.05, 0) is 65.5 Å². The van der Waals surface area contributed by atoms with Crippen molar-refractivity contribution in [2.45, 2.75) is 44.8 Å². The Balaban J connectivity index is 3.60. The second kappa shape index (κ2) is 6.59. The second-order valence-electron chi connectivity index (χ2n) is 4.73. The Hall–Kier alpha value is 0.140. The lowest BCUT2D eigenvalue weighted by atomic mass is 9.96. The molecule has 0 aromatic carbocycles. The van der Waals surface area contributed by atoms with E-state index < -0.39 is 6.17 Å². The third-order valence-electron chi connectivity index (χ3n) is 2.11. The minimum Gasteiger partial charge on any atom is -0.309 e. The van der Waals surface area contributed by atoms with Gasteiger partial charge in [0, 0.05) is 5.54 Å². The van der Waals surface area contributed by atoms with Crippen molar-refractivity contribution in [3.05, 3.63) is 0 Å². The van der Waals surface area contributed by atoms with Crippen LogP contribution >= 0.6 is 11.8 Å². The minimum absolute atomic E-state index is 0.320. The van der Waals surface area contributed by atoms with Gasteiger partial charge in [0.2, 0.25) is 0 Å². The van der Waals surface area contributed by atoms with Crippen LogP contribution in [-0.4, -0.2) is 37.3 Å². The summed E-state index contributed by atoms with van der Waals surface area (Å²) in [4.78, 5) is 4.66. The van der Waals surface area contributed by atoms with Crippen molar-refractivity contribution in [1.29, 1.82) is 0 Å². The molecular formula is C10H22ClFN2. The number of rotatable bonds is 7. The predicted molar refractivity (Wildman–Crippen MR) is 60.4 cm³/mol. The summed E-state index contributed by atoms with van der Waals surface area (Å²) in [5.74, 6) is 0. The van der Waals surface area contributed by atoms with Crippen LogP contribution in [-0.2, 0) is 0 Å². The quantitative estimate of drug-likeness (QED) is 0.669. The van der Waals surface area contributed by atoms with Crippen LogP contribution in [0.25, 0.3) is 0 Å². The molecule has 0 radical (unpaired) electrons. The van der Waals surface area contributed by atoms with Crippen LogP contribution in [0.4, 0.5) is 4.39 Å². The van der Waals surface area contributed by atoms with E-state index in [9.17, 15) is 4.39 Å². The van der Waals surface area contributed by atoms with Crippen molar-refractivity contribution >= 4 is 11.8 Å². The first kappa shape index (κ1) is 14.1. The van der Waals surface area contributed by atoms with Crippen molar-refractivity contribution in [3.8, 4) is 0 Å². The maximum atomic E-state index is 13.4. The molecule has 0 aromatic rings. The summed E-state index contributed by atoms with van der Waals surface area (Å²) in [6.45, 7) is 4.74. The molecule has 0 saturated carbocycles. The third kappa shape index (κ3) is 7.54. The molecule has 1 unspecified atom stereocenters. The molecule has 1 atom stereocenters. The van der Waals surface area contributed by atoms with E-state index >= 15 is 0 Å². The predicted octanol–water partition coefficient (Wildman–Crippen LogP) is 2.58. The van der Waals surface area contributed by atoms with Gasteiger partial charge in [-0.2, -0.15) is 0 Å². The van der Waals surface area contributed by atoms with Crippen molar-refractivity contribution in [1.82, 2.24) is 9.74 Å². The molecule has 4 heteroatoms. The molecule has 1 N–H and O–H groups in total. The van der Waals surface area contributed by atoms with Gasteiger partial charge in [-0.25, -0.2) is 9.23 Å². The van der Waals surface area contributed by atoms with E-state index in [1.165, 1.54) is 0 Å². The first-order chi connectivity index (χ1) is 6.37. The van der Waals surface area contributed by atoms with Crippen molar-refractivity contribution in [3.63, 3.8) is 0 Å². The highest BCUT2D eigenvalue weighted by Crippen LogP contribution is 2.18. The van der Waals surface area contributed by atoms with Gasteiger partial charge < -0.3 is 4.90 Å². The first-order valence-electron chi connectivity index (χ1n) is 5.04. The van der Waals surface area contributed by atoms with Crippen LogP contribution in [0.2, 0.25) is 0 Å². The Morgan fingerprint density at radius 1 is 1.43 bits per heavy atom. The molecule has 0 aromatic heterocycles. The lowest BCUT2D eigenvalue weighted by Gasteiger charge is -2.24. The van der Waals surface area contributed by atoms with E-state index in [4.69, 9.17) is 11.8 Å². The smallest absolute Gasteiger partial charge is 0.102 e. The summed E-state index contributed by atoms with van der Waals surface area (Å²) in [5.41, 5.74) is -0.320. The molecule has 0 bridgehead atoms. The Morgan fingerprint density at radius 3 is 2.43 bits per heavy atom. The summed E-state index contributed by atoms with van der Waals surface area (Å²) >= 11 is 5.50. The SMILES string of the molecule is CN(C)CCCC(F)CC(C)(C)NCl. The first-order valence-corrected chi connectivity index (χ1v) is 5.42. The maximum absolute atomic E-state index is 13.4. The molecule has 0 heterocycles. The summed E-state index contributed by atoms with van der Waals surface area (Å²) in [6.07, 6.45) is 1.20. The zero-order valence-electron chi connectivity index (χ0n) is 9.61. The summed E-state index contributed by atoms with van der Waals surface area (Å²) in [5, 5.41) is 0. The van der Waals surface area contributed by atoms with Crippen molar-refractivity contribution in [2.24, 2.45) is 0 Å². The fraction of sp³-hybridized carbons (Fsp3) is 1.00. The van der Waals surface area contributed by atoms with Crippen molar-refractivity contribution in [2.75, 3.05) is 20.6 Å². The zero-order valence-corrected chi connectivity index (χ0v) is 10.4. The normalized spacial score (nSPS) is 14.8. The largest absolute Gasteiger partial charge is 0.309 e. The average molecular weight is 225 g/mol. The Morgan fingerprint density at radius 2 is 2.00 bits per heavy atom. The van der Waals surface area contributed by atoms with Gasteiger partial charge in [-0.15, -0.1) is 0 Å². The zero-order chi connectivity index (χ0) is 11.2. The molecule has 0 aliphatic rings. The van der Waals surface area contributed by atoms with Crippen LogP contribution in [0.3, 0.4) is 0 Å². The van der Waals surface area contributed by atoms with Crippen LogP contribution < -0.4 is 4.84 Å². The van der Waals surface area contributed by atoms with E-state index in [0.29, 0.717) is 12.8 Å². The van der Waals surface area contributed by atoms with Gasteiger partial charge in [0.1, 0.15) is 6.17 Å². The molecule has 0 fully saturated rings.